The molecule has 0 aliphatic rings. The van der Waals surface area contributed by atoms with Crippen LogP contribution in [0.1, 0.15) is 17.5 Å². The molecule has 2 aromatic heterocycles. The van der Waals surface area contributed by atoms with Gasteiger partial charge in [-0.25, -0.2) is 0 Å². The van der Waals surface area contributed by atoms with Gasteiger partial charge in [0, 0.05) is 13.6 Å². The van der Waals surface area contributed by atoms with E-state index in [1.807, 2.05) is 28.4 Å². The number of hydrogen-bond donors (Lipinski definition) is 2. The summed E-state index contributed by atoms with van der Waals surface area (Å²) in [7, 11) is 1.90. The van der Waals surface area contributed by atoms with E-state index in [0.29, 0.717) is 13.1 Å². The predicted molar refractivity (Wildman–Crippen MR) is 62.0 cm³/mol. The van der Waals surface area contributed by atoms with Crippen LogP contribution in [0, 0.1) is 0 Å². The fourth-order valence-electron chi connectivity index (χ4n) is 1.37. The van der Waals surface area contributed by atoms with Gasteiger partial charge in [0.1, 0.15) is 12.2 Å². The molecule has 0 saturated heterocycles. The van der Waals surface area contributed by atoms with Crippen molar-refractivity contribution in [3.05, 3.63) is 34.5 Å². The molecule has 0 radical (unpaired) electrons. The summed E-state index contributed by atoms with van der Waals surface area (Å²) in [6.07, 6.45) is 1.20. The van der Waals surface area contributed by atoms with E-state index < -0.39 is 6.10 Å². The zero-order valence-corrected chi connectivity index (χ0v) is 9.81. The molecule has 16 heavy (non-hydrogen) atoms. The van der Waals surface area contributed by atoms with Gasteiger partial charge in [-0.05, 0) is 22.4 Å². The molecule has 0 aliphatic heterocycles. The molecule has 1 atom stereocenters. The lowest BCUT2D eigenvalue weighted by Crippen LogP contribution is -2.22. The van der Waals surface area contributed by atoms with Crippen molar-refractivity contribution in [1.82, 2.24) is 20.1 Å². The smallest absolute Gasteiger partial charge is 0.146 e. The number of rotatable bonds is 5. The molecular formula is C10H14N4OS. The van der Waals surface area contributed by atoms with Gasteiger partial charge in [0.15, 0.2) is 0 Å². The quantitative estimate of drug-likeness (QED) is 0.805. The first-order chi connectivity index (χ1) is 7.77. The van der Waals surface area contributed by atoms with Crippen molar-refractivity contribution in [2.75, 3.05) is 6.54 Å². The van der Waals surface area contributed by atoms with Crippen LogP contribution in [-0.2, 0) is 13.6 Å². The molecule has 0 bridgehead atoms. The topological polar surface area (TPSA) is 63.0 Å². The Balaban J connectivity index is 1.78. The van der Waals surface area contributed by atoms with Crippen LogP contribution in [0.2, 0.25) is 0 Å². The van der Waals surface area contributed by atoms with Gasteiger partial charge < -0.3 is 15.0 Å². The standard InChI is InChI=1S/C10H14N4OS/c1-14-7-12-13-10(14)5-11-4-9(15)8-2-3-16-6-8/h2-3,6-7,9,11,15H,4-5H2,1H3. The van der Waals surface area contributed by atoms with Crippen molar-refractivity contribution in [2.45, 2.75) is 12.6 Å². The molecule has 0 aliphatic carbocycles. The summed E-state index contributed by atoms with van der Waals surface area (Å²) >= 11 is 1.59. The molecule has 0 fully saturated rings. The minimum absolute atomic E-state index is 0.459. The Bertz CT molecular complexity index is 426. The van der Waals surface area contributed by atoms with Gasteiger partial charge in [-0.1, -0.05) is 0 Å². The Kier molecular flexibility index (Phi) is 3.66. The normalized spacial score (nSPS) is 12.9. The summed E-state index contributed by atoms with van der Waals surface area (Å²) in [6.45, 7) is 1.13. The van der Waals surface area contributed by atoms with Crippen molar-refractivity contribution in [3.8, 4) is 0 Å². The number of aliphatic hydroxyl groups excluding tert-OH is 1. The molecule has 2 aromatic rings. The second-order valence-corrected chi connectivity index (χ2v) is 4.34. The van der Waals surface area contributed by atoms with Crippen LogP contribution >= 0.6 is 11.3 Å². The van der Waals surface area contributed by atoms with E-state index in [9.17, 15) is 5.11 Å². The maximum atomic E-state index is 9.81. The number of aromatic nitrogens is 3. The first kappa shape index (κ1) is 11.3. The fraction of sp³-hybridized carbons (Fsp3) is 0.400. The minimum Gasteiger partial charge on any atom is -0.387 e. The minimum atomic E-state index is -0.459. The van der Waals surface area contributed by atoms with Gasteiger partial charge in [0.05, 0.1) is 12.6 Å². The highest BCUT2D eigenvalue weighted by atomic mass is 32.1. The van der Waals surface area contributed by atoms with E-state index in [2.05, 4.69) is 15.5 Å². The summed E-state index contributed by atoms with van der Waals surface area (Å²) < 4.78 is 1.85. The number of nitrogens with zero attached hydrogens (tertiary/aromatic N) is 3. The van der Waals surface area contributed by atoms with E-state index in [0.717, 1.165) is 11.4 Å². The maximum absolute atomic E-state index is 9.81. The van der Waals surface area contributed by atoms with Gasteiger partial charge >= 0.3 is 0 Å². The SMILES string of the molecule is Cn1cnnc1CNCC(O)c1ccsc1. The Morgan fingerprint density at radius 3 is 3.12 bits per heavy atom. The average Bonchev–Trinajstić information content (AvgIpc) is 2.90. The Hall–Kier alpha value is -1.24. The number of thiophene rings is 1. The maximum Gasteiger partial charge on any atom is 0.146 e. The average molecular weight is 238 g/mol. The van der Waals surface area contributed by atoms with E-state index in [1.165, 1.54) is 0 Å². The molecule has 0 spiro atoms. The summed E-state index contributed by atoms with van der Waals surface area (Å²) in [5.41, 5.74) is 0.954. The molecule has 0 amide bonds. The largest absolute Gasteiger partial charge is 0.387 e. The second kappa shape index (κ2) is 5.20. The molecule has 2 heterocycles. The van der Waals surface area contributed by atoms with Crippen LogP contribution in [0.15, 0.2) is 23.2 Å². The van der Waals surface area contributed by atoms with Gasteiger partial charge in [0.2, 0.25) is 0 Å². The second-order valence-electron chi connectivity index (χ2n) is 3.56. The summed E-state index contributed by atoms with van der Waals surface area (Å²) in [6, 6.07) is 1.93. The molecule has 2 rings (SSSR count). The zero-order chi connectivity index (χ0) is 11.4. The van der Waals surface area contributed by atoms with Crippen molar-refractivity contribution in [1.29, 1.82) is 0 Å². The lowest BCUT2D eigenvalue weighted by molar-refractivity contribution is 0.174. The lowest BCUT2D eigenvalue weighted by atomic mass is 10.2. The molecule has 86 valence electrons. The highest BCUT2D eigenvalue weighted by Crippen LogP contribution is 2.14. The molecule has 0 aromatic carbocycles. The molecule has 6 heteroatoms. The van der Waals surface area contributed by atoms with Crippen LogP contribution in [0.5, 0.6) is 0 Å². The number of aryl methyl sites for hydroxylation is 1. The summed E-state index contributed by atoms with van der Waals surface area (Å²) in [5.74, 6) is 0.859. The van der Waals surface area contributed by atoms with Crippen LogP contribution in [0.25, 0.3) is 0 Å². The predicted octanol–water partition coefficient (Wildman–Crippen LogP) is 0.700. The fourth-order valence-corrected chi connectivity index (χ4v) is 2.08. The van der Waals surface area contributed by atoms with Crippen molar-refractivity contribution >= 4 is 11.3 Å². The summed E-state index contributed by atoms with van der Waals surface area (Å²) in [5, 5.41) is 24.6. The van der Waals surface area contributed by atoms with E-state index in [4.69, 9.17) is 0 Å². The van der Waals surface area contributed by atoms with Gasteiger partial charge in [-0.3, -0.25) is 0 Å². The van der Waals surface area contributed by atoms with Crippen LogP contribution in [0.3, 0.4) is 0 Å². The molecule has 5 nitrogen and oxygen atoms in total. The Labute approximate surface area is 97.8 Å². The van der Waals surface area contributed by atoms with Crippen LogP contribution in [-0.4, -0.2) is 26.4 Å². The summed E-state index contributed by atoms with van der Waals surface area (Å²) in [4.78, 5) is 0. The first-order valence-corrected chi connectivity index (χ1v) is 5.95. The molecule has 2 N–H and O–H groups in total. The molecule has 0 saturated carbocycles. The monoisotopic (exact) mass is 238 g/mol. The Morgan fingerprint density at radius 1 is 1.62 bits per heavy atom. The number of nitrogens with one attached hydrogen (secondary N) is 1. The van der Waals surface area contributed by atoms with Gasteiger partial charge in [-0.2, -0.15) is 11.3 Å². The van der Waals surface area contributed by atoms with E-state index in [1.54, 1.807) is 17.7 Å². The highest BCUT2D eigenvalue weighted by molar-refractivity contribution is 7.07. The zero-order valence-electron chi connectivity index (χ0n) is 9.00. The number of aliphatic hydroxyl groups is 1. The molecular weight excluding hydrogens is 224 g/mol. The van der Waals surface area contributed by atoms with Gasteiger partial charge in [-0.15, -0.1) is 10.2 Å². The van der Waals surface area contributed by atoms with E-state index in [-0.39, 0.29) is 0 Å². The highest BCUT2D eigenvalue weighted by Gasteiger charge is 2.07. The third kappa shape index (κ3) is 2.66. The number of hydrogen-bond acceptors (Lipinski definition) is 5. The van der Waals surface area contributed by atoms with Crippen LogP contribution < -0.4 is 5.32 Å². The van der Waals surface area contributed by atoms with Gasteiger partial charge in [0.25, 0.3) is 0 Å². The van der Waals surface area contributed by atoms with Crippen LogP contribution in [0.4, 0.5) is 0 Å². The van der Waals surface area contributed by atoms with E-state index >= 15 is 0 Å². The first-order valence-electron chi connectivity index (χ1n) is 5.01. The van der Waals surface area contributed by atoms with Crippen molar-refractivity contribution < 1.29 is 5.11 Å². The third-order valence-electron chi connectivity index (χ3n) is 2.35. The van der Waals surface area contributed by atoms with Crippen molar-refractivity contribution in [2.24, 2.45) is 7.05 Å². The lowest BCUT2D eigenvalue weighted by Gasteiger charge is -2.09. The van der Waals surface area contributed by atoms with Crippen molar-refractivity contribution in [3.63, 3.8) is 0 Å². The third-order valence-corrected chi connectivity index (χ3v) is 3.06. The Morgan fingerprint density at radius 2 is 2.50 bits per heavy atom. The molecule has 1 unspecified atom stereocenters.